The van der Waals surface area contributed by atoms with Gasteiger partial charge in [-0.3, -0.25) is 4.99 Å². The fourth-order valence-corrected chi connectivity index (χ4v) is 1.87. The number of hydrogen-bond acceptors (Lipinski definition) is 2. The molecule has 2 N–H and O–H groups in total. The van der Waals surface area contributed by atoms with E-state index < -0.39 is 0 Å². The first kappa shape index (κ1) is 16.0. The summed E-state index contributed by atoms with van der Waals surface area (Å²) in [4.78, 5) is 4.19. The van der Waals surface area contributed by atoms with Crippen LogP contribution in [-0.2, 0) is 11.3 Å². The highest BCUT2D eigenvalue weighted by molar-refractivity contribution is 9.10. The van der Waals surface area contributed by atoms with Crippen LogP contribution in [0.15, 0.2) is 33.7 Å². The molecular formula is C14H22BrN3O. The number of nitrogens with zero attached hydrogens (tertiary/aromatic N) is 1. The Morgan fingerprint density at radius 3 is 2.68 bits per heavy atom. The summed E-state index contributed by atoms with van der Waals surface area (Å²) in [5, 5.41) is 6.52. The summed E-state index contributed by atoms with van der Waals surface area (Å²) in [5.74, 6) is 0.769. The Hall–Kier alpha value is -1.07. The zero-order chi connectivity index (χ0) is 14.3. The van der Waals surface area contributed by atoms with E-state index in [9.17, 15) is 0 Å². The number of ether oxygens (including phenoxy) is 1. The Labute approximate surface area is 123 Å². The van der Waals surface area contributed by atoms with Crippen LogP contribution in [0, 0.1) is 0 Å². The summed E-state index contributed by atoms with van der Waals surface area (Å²) in [5.41, 5.74) is 0.983. The van der Waals surface area contributed by atoms with Crippen LogP contribution in [0.2, 0.25) is 0 Å². The lowest BCUT2D eigenvalue weighted by Gasteiger charge is -2.24. The van der Waals surface area contributed by atoms with Crippen molar-refractivity contribution in [1.29, 1.82) is 0 Å². The van der Waals surface area contributed by atoms with Crippen LogP contribution in [0.1, 0.15) is 19.4 Å². The van der Waals surface area contributed by atoms with Gasteiger partial charge in [-0.1, -0.05) is 28.1 Å². The predicted molar refractivity (Wildman–Crippen MR) is 83.4 cm³/mol. The molecule has 0 unspecified atom stereocenters. The maximum Gasteiger partial charge on any atom is 0.191 e. The molecule has 0 aliphatic heterocycles. The molecule has 0 spiro atoms. The molecule has 1 rings (SSSR count). The molecule has 106 valence electrons. The van der Waals surface area contributed by atoms with Crippen LogP contribution in [0.5, 0.6) is 0 Å². The summed E-state index contributed by atoms with van der Waals surface area (Å²) in [6.07, 6.45) is 0. The fourth-order valence-electron chi connectivity index (χ4n) is 1.42. The second-order valence-electron chi connectivity index (χ2n) is 4.87. The number of rotatable bonds is 5. The number of aliphatic imine (C=N–C) groups is 1. The van der Waals surface area contributed by atoms with Gasteiger partial charge in [0.15, 0.2) is 5.96 Å². The minimum Gasteiger partial charge on any atom is -0.377 e. The van der Waals surface area contributed by atoms with Gasteiger partial charge >= 0.3 is 0 Å². The second-order valence-corrected chi connectivity index (χ2v) is 5.79. The molecule has 0 atom stereocenters. The lowest BCUT2D eigenvalue weighted by atomic mass is 10.1. The van der Waals surface area contributed by atoms with Crippen LogP contribution in [0.25, 0.3) is 0 Å². The molecule has 4 nitrogen and oxygen atoms in total. The van der Waals surface area contributed by atoms with E-state index in [0.29, 0.717) is 6.54 Å². The molecule has 0 aliphatic rings. The van der Waals surface area contributed by atoms with E-state index >= 15 is 0 Å². The highest BCUT2D eigenvalue weighted by Crippen LogP contribution is 2.11. The Morgan fingerprint density at radius 1 is 1.37 bits per heavy atom. The molecule has 0 aromatic heterocycles. The summed E-state index contributed by atoms with van der Waals surface area (Å²) >= 11 is 3.46. The number of benzene rings is 1. The standard InChI is InChI=1S/C14H22BrN3O/c1-14(2,19-4)10-18-13(16-3)17-9-11-6-5-7-12(15)8-11/h5-8H,9-10H2,1-4H3,(H2,16,17,18). The van der Waals surface area contributed by atoms with E-state index in [1.165, 1.54) is 5.56 Å². The SMILES string of the molecule is CN=C(NCc1cccc(Br)c1)NCC(C)(C)OC. The van der Waals surface area contributed by atoms with Crippen molar-refractivity contribution < 1.29 is 4.74 Å². The third kappa shape index (κ3) is 6.07. The average Bonchev–Trinajstić information content (AvgIpc) is 2.39. The molecule has 0 saturated heterocycles. The minimum atomic E-state index is -0.215. The topological polar surface area (TPSA) is 45.7 Å². The number of guanidine groups is 1. The smallest absolute Gasteiger partial charge is 0.191 e. The Morgan fingerprint density at radius 2 is 2.11 bits per heavy atom. The van der Waals surface area contributed by atoms with Crippen LogP contribution >= 0.6 is 15.9 Å². The van der Waals surface area contributed by atoms with Gasteiger partial charge in [0.25, 0.3) is 0 Å². The second kappa shape index (κ2) is 7.50. The predicted octanol–water partition coefficient (Wildman–Crippen LogP) is 2.54. The maximum atomic E-state index is 5.36. The van der Waals surface area contributed by atoms with Crippen molar-refractivity contribution in [3.05, 3.63) is 34.3 Å². The summed E-state index contributed by atoms with van der Waals surface area (Å²) in [7, 11) is 3.47. The Balaban J connectivity index is 2.46. The first-order chi connectivity index (χ1) is 8.96. The molecular weight excluding hydrogens is 306 g/mol. The molecule has 19 heavy (non-hydrogen) atoms. The Bertz CT molecular complexity index is 432. The zero-order valence-electron chi connectivity index (χ0n) is 12.0. The first-order valence-corrected chi connectivity index (χ1v) is 7.00. The molecule has 0 fully saturated rings. The highest BCUT2D eigenvalue weighted by atomic mass is 79.9. The van der Waals surface area contributed by atoms with Gasteiger partial charge < -0.3 is 15.4 Å². The quantitative estimate of drug-likeness (QED) is 0.645. The van der Waals surface area contributed by atoms with Gasteiger partial charge in [0.2, 0.25) is 0 Å². The van der Waals surface area contributed by atoms with Crippen LogP contribution in [-0.4, -0.2) is 32.3 Å². The molecule has 0 aliphatic carbocycles. The molecule has 1 aromatic carbocycles. The molecule has 0 radical (unpaired) electrons. The van der Waals surface area contributed by atoms with Crippen molar-refractivity contribution >= 4 is 21.9 Å². The molecule has 0 saturated carbocycles. The summed E-state index contributed by atoms with van der Waals surface area (Å²) < 4.78 is 6.44. The molecule has 0 amide bonds. The van der Waals surface area contributed by atoms with Crippen molar-refractivity contribution in [2.24, 2.45) is 4.99 Å². The van der Waals surface area contributed by atoms with Crippen LogP contribution in [0.4, 0.5) is 0 Å². The van der Waals surface area contributed by atoms with Crippen LogP contribution in [0.3, 0.4) is 0 Å². The zero-order valence-corrected chi connectivity index (χ0v) is 13.5. The van der Waals surface area contributed by atoms with E-state index in [-0.39, 0.29) is 5.60 Å². The number of hydrogen-bond donors (Lipinski definition) is 2. The largest absolute Gasteiger partial charge is 0.377 e. The van der Waals surface area contributed by atoms with Crippen LogP contribution < -0.4 is 10.6 Å². The molecule has 1 aromatic rings. The summed E-state index contributed by atoms with van der Waals surface area (Å²) in [6, 6.07) is 8.19. The van der Waals surface area contributed by atoms with Crippen molar-refractivity contribution in [3.8, 4) is 0 Å². The Kier molecular flexibility index (Phi) is 6.31. The highest BCUT2D eigenvalue weighted by Gasteiger charge is 2.16. The molecule has 0 bridgehead atoms. The average molecular weight is 328 g/mol. The number of halogens is 1. The van der Waals surface area contributed by atoms with E-state index in [1.54, 1.807) is 14.2 Å². The van der Waals surface area contributed by atoms with E-state index in [0.717, 1.165) is 17.0 Å². The number of nitrogens with one attached hydrogen (secondary N) is 2. The van der Waals surface area contributed by atoms with Gasteiger partial charge in [0, 0.05) is 31.7 Å². The molecule has 0 heterocycles. The van der Waals surface area contributed by atoms with Gasteiger partial charge in [0.1, 0.15) is 0 Å². The first-order valence-electron chi connectivity index (χ1n) is 6.21. The van der Waals surface area contributed by atoms with Gasteiger partial charge in [-0.2, -0.15) is 0 Å². The third-order valence-corrected chi connectivity index (χ3v) is 3.30. The van der Waals surface area contributed by atoms with Gasteiger partial charge in [-0.15, -0.1) is 0 Å². The fraction of sp³-hybridized carbons (Fsp3) is 0.500. The molecule has 5 heteroatoms. The third-order valence-electron chi connectivity index (χ3n) is 2.81. The van der Waals surface area contributed by atoms with E-state index in [2.05, 4.69) is 43.7 Å². The van der Waals surface area contributed by atoms with E-state index in [4.69, 9.17) is 4.74 Å². The minimum absolute atomic E-state index is 0.215. The lowest BCUT2D eigenvalue weighted by molar-refractivity contribution is 0.0268. The van der Waals surface area contributed by atoms with Crippen molar-refractivity contribution in [2.75, 3.05) is 20.7 Å². The van der Waals surface area contributed by atoms with Gasteiger partial charge in [0.05, 0.1) is 5.60 Å². The maximum absolute atomic E-state index is 5.36. The monoisotopic (exact) mass is 327 g/mol. The lowest BCUT2D eigenvalue weighted by Crippen LogP contribution is -2.45. The van der Waals surface area contributed by atoms with Gasteiger partial charge in [-0.05, 0) is 31.5 Å². The van der Waals surface area contributed by atoms with Crippen molar-refractivity contribution in [3.63, 3.8) is 0 Å². The van der Waals surface area contributed by atoms with Crippen molar-refractivity contribution in [2.45, 2.75) is 26.0 Å². The van der Waals surface area contributed by atoms with Gasteiger partial charge in [-0.25, -0.2) is 0 Å². The summed E-state index contributed by atoms with van der Waals surface area (Å²) in [6.45, 7) is 5.48. The van der Waals surface area contributed by atoms with E-state index in [1.807, 2.05) is 26.0 Å². The normalized spacial score (nSPS) is 12.4. The van der Waals surface area contributed by atoms with Crippen molar-refractivity contribution in [1.82, 2.24) is 10.6 Å². The number of methoxy groups -OCH3 is 1.